The predicted octanol–water partition coefficient (Wildman–Crippen LogP) is 2.74. The summed E-state index contributed by atoms with van der Waals surface area (Å²) in [6.07, 6.45) is 2.11. The van der Waals surface area contributed by atoms with E-state index in [1.54, 1.807) is 12.1 Å². The van der Waals surface area contributed by atoms with E-state index < -0.39 is 5.66 Å². The lowest BCUT2D eigenvalue weighted by molar-refractivity contribution is -0.119. The molecule has 0 unspecified atom stereocenters. The van der Waals surface area contributed by atoms with E-state index in [1.807, 2.05) is 24.3 Å². The Kier molecular flexibility index (Phi) is 5.63. The van der Waals surface area contributed by atoms with E-state index >= 15 is 0 Å². The molecule has 1 spiro atoms. The number of halogens is 1. The SMILES string of the molecule is CCc1ccccc1NC(=O)CN1CCC2(CC1)N=C(c1ccc(F)cc1)C(=O)N2. The molecule has 156 valence electrons. The van der Waals surface area contributed by atoms with Crippen LogP contribution in [-0.4, -0.2) is 47.7 Å². The molecule has 0 saturated carbocycles. The number of carbonyl (C=O) groups is 2. The lowest BCUT2D eigenvalue weighted by Crippen LogP contribution is -2.52. The Bertz CT molecular complexity index is 979. The highest BCUT2D eigenvalue weighted by Crippen LogP contribution is 2.29. The number of anilines is 1. The van der Waals surface area contributed by atoms with Crippen LogP contribution in [0.3, 0.4) is 0 Å². The minimum absolute atomic E-state index is 0.0437. The number of aryl methyl sites for hydroxylation is 1. The minimum Gasteiger partial charge on any atom is -0.326 e. The average Bonchev–Trinajstić information content (AvgIpc) is 3.06. The topological polar surface area (TPSA) is 73.8 Å². The molecule has 4 rings (SSSR count). The van der Waals surface area contributed by atoms with E-state index in [0.29, 0.717) is 43.8 Å². The van der Waals surface area contributed by atoms with Crippen LogP contribution in [0.4, 0.5) is 10.1 Å². The summed E-state index contributed by atoms with van der Waals surface area (Å²) >= 11 is 0. The van der Waals surface area contributed by atoms with Gasteiger partial charge in [0.15, 0.2) is 0 Å². The molecule has 1 saturated heterocycles. The van der Waals surface area contributed by atoms with E-state index in [2.05, 4.69) is 27.4 Å². The molecule has 2 aromatic carbocycles. The number of hydrogen-bond donors (Lipinski definition) is 2. The quantitative estimate of drug-likeness (QED) is 0.799. The molecule has 0 atom stereocenters. The van der Waals surface area contributed by atoms with Crippen LogP contribution in [0, 0.1) is 5.82 Å². The number of aliphatic imine (C=N–C) groups is 1. The van der Waals surface area contributed by atoms with Gasteiger partial charge in [0, 0.05) is 37.2 Å². The highest BCUT2D eigenvalue weighted by atomic mass is 19.1. The van der Waals surface area contributed by atoms with Crippen LogP contribution in [0.2, 0.25) is 0 Å². The van der Waals surface area contributed by atoms with Crippen molar-refractivity contribution in [3.8, 4) is 0 Å². The highest BCUT2D eigenvalue weighted by molar-refractivity contribution is 6.46. The molecule has 2 aliphatic heterocycles. The van der Waals surface area contributed by atoms with Crippen molar-refractivity contribution >= 4 is 23.2 Å². The average molecular weight is 408 g/mol. The number of nitrogens with one attached hydrogen (secondary N) is 2. The largest absolute Gasteiger partial charge is 0.326 e. The molecule has 0 aliphatic carbocycles. The maximum absolute atomic E-state index is 13.2. The summed E-state index contributed by atoms with van der Waals surface area (Å²) in [4.78, 5) is 31.7. The third-order valence-corrected chi connectivity index (χ3v) is 5.73. The molecule has 2 N–H and O–H groups in total. The summed E-state index contributed by atoms with van der Waals surface area (Å²) in [5.74, 6) is -0.623. The van der Waals surface area contributed by atoms with Gasteiger partial charge in [0.05, 0.1) is 6.54 Å². The number of benzene rings is 2. The molecule has 1 fully saturated rings. The molecule has 2 aliphatic rings. The first-order valence-electron chi connectivity index (χ1n) is 10.3. The Morgan fingerprint density at radius 1 is 1.17 bits per heavy atom. The minimum atomic E-state index is -0.636. The number of piperidine rings is 1. The second-order valence-corrected chi connectivity index (χ2v) is 7.79. The maximum Gasteiger partial charge on any atom is 0.272 e. The van der Waals surface area contributed by atoms with Gasteiger partial charge in [-0.2, -0.15) is 0 Å². The Hall–Kier alpha value is -3.06. The van der Waals surface area contributed by atoms with Gasteiger partial charge in [-0.1, -0.05) is 25.1 Å². The van der Waals surface area contributed by atoms with Crippen molar-refractivity contribution < 1.29 is 14.0 Å². The van der Waals surface area contributed by atoms with E-state index in [4.69, 9.17) is 0 Å². The van der Waals surface area contributed by atoms with Crippen LogP contribution in [0.5, 0.6) is 0 Å². The van der Waals surface area contributed by atoms with E-state index in [9.17, 15) is 14.0 Å². The van der Waals surface area contributed by atoms with Gasteiger partial charge < -0.3 is 10.6 Å². The van der Waals surface area contributed by atoms with Crippen LogP contribution in [0.15, 0.2) is 53.5 Å². The summed E-state index contributed by atoms with van der Waals surface area (Å²) in [6, 6.07) is 13.6. The zero-order valence-electron chi connectivity index (χ0n) is 17.0. The fourth-order valence-electron chi connectivity index (χ4n) is 4.03. The normalized spacial score (nSPS) is 18.2. The molecule has 2 heterocycles. The predicted molar refractivity (Wildman–Crippen MR) is 114 cm³/mol. The number of nitrogens with zero attached hydrogens (tertiary/aromatic N) is 2. The van der Waals surface area contributed by atoms with Gasteiger partial charge in [-0.05, 0) is 42.3 Å². The van der Waals surface area contributed by atoms with Crippen LogP contribution in [-0.2, 0) is 16.0 Å². The van der Waals surface area contributed by atoms with Gasteiger partial charge in [-0.25, -0.2) is 4.39 Å². The first kappa shape index (κ1) is 20.2. The summed E-state index contributed by atoms with van der Waals surface area (Å²) in [7, 11) is 0. The number of hydrogen-bond acceptors (Lipinski definition) is 4. The number of carbonyl (C=O) groups excluding carboxylic acids is 2. The standard InChI is InChI=1S/C23H25FN4O2/c1-2-16-5-3-4-6-19(16)25-20(29)15-28-13-11-23(12-14-28)26-21(22(30)27-23)17-7-9-18(24)10-8-17/h3-10H,2,11-15H2,1H3,(H,25,29)(H,27,30). The first-order valence-corrected chi connectivity index (χ1v) is 10.3. The van der Waals surface area contributed by atoms with Gasteiger partial charge in [0.25, 0.3) is 5.91 Å². The molecule has 7 heteroatoms. The number of para-hydroxylation sites is 1. The van der Waals surface area contributed by atoms with Crippen LogP contribution < -0.4 is 10.6 Å². The highest BCUT2D eigenvalue weighted by Gasteiger charge is 2.42. The molecular formula is C23H25FN4O2. The Balaban J connectivity index is 1.36. The molecule has 2 aromatic rings. The lowest BCUT2D eigenvalue weighted by Gasteiger charge is -2.36. The van der Waals surface area contributed by atoms with Gasteiger partial charge in [0.2, 0.25) is 5.91 Å². The summed E-state index contributed by atoms with van der Waals surface area (Å²) in [5, 5.41) is 6.00. The van der Waals surface area contributed by atoms with Gasteiger partial charge in [0.1, 0.15) is 17.2 Å². The zero-order valence-corrected chi connectivity index (χ0v) is 17.0. The van der Waals surface area contributed by atoms with Crippen molar-refractivity contribution in [2.24, 2.45) is 4.99 Å². The van der Waals surface area contributed by atoms with Crippen molar-refractivity contribution in [3.05, 3.63) is 65.5 Å². The fraction of sp³-hybridized carbons (Fsp3) is 0.348. The van der Waals surface area contributed by atoms with Crippen molar-refractivity contribution in [1.29, 1.82) is 0 Å². The molecule has 0 aromatic heterocycles. The summed E-state index contributed by atoms with van der Waals surface area (Å²) < 4.78 is 13.2. The van der Waals surface area contributed by atoms with Crippen molar-refractivity contribution in [1.82, 2.24) is 10.2 Å². The van der Waals surface area contributed by atoms with Crippen molar-refractivity contribution in [2.75, 3.05) is 25.0 Å². The maximum atomic E-state index is 13.2. The number of rotatable bonds is 5. The fourth-order valence-corrected chi connectivity index (χ4v) is 4.03. The van der Waals surface area contributed by atoms with E-state index in [1.165, 1.54) is 12.1 Å². The third kappa shape index (κ3) is 4.26. The van der Waals surface area contributed by atoms with Crippen LogP contribution in [0.25, 0.3) is 0 Å². The van der Waals surface area contributed by atoms with Crippen LogP contribution >= 0.6 is 0 Å². The van der Waals surface area contributed by atoms with E-state index in [-0.39, 0.29) is 17.6 Å². The van der Waals surface area contributed by atoms with Crippen molar-refractivity contribution in [2.45, 2.75) is 31.8 Å². The molecule has 0 radical (unpaired) electrons. The van der Waals surface area contributed by atoms with Gasteiger partial charge >= 0.3 is 0 Å². The van der Waals surface area contributed by atoms with Gasteiger partial charge in [-0.3, -0.25) is 19.5 Å². The smallest absolute Gasteiger partial charge is 0.272 e. The molecule has 2 amide bonds. The van der Waals surface area contributed by atoms with Crippen molar-refractivity contribution in [3.63, 3.8) is 0 Å². The third-order valence-electron chi connectivity index (χ3n) is 5.73. The number of likely N-dealkylation sites (tertiary alicyclic amines) is 1. The monoisotopic (exact) mass is 408 g/mol. The summed E-state index contributed by atoms with van der Waals surface area (Å²) in [5.41, 5.74) is 2.29. The molecule has 0 bridgehead atoms. The lowest BCUT2D eigenvalue weighted by atomic mass is 9.98. The van der Waals surface area contributed by atoms with Gasteiger partial charge in [-0.15, -0.1) is 0 Å². The molecule has 6 nitrogen and oxygen atoms in total. The Morgan fingerprint density at radius 3 is 2.57 bits per heavy atom. The number of amides is 2. The Morgan fingerprint density at radius 2 is 1.87 bits per heavy atom. The second kappa shape index (κ2) is 8.36. The van der Waals surface area contributed by atoms with E-state index in [0.717, 1.165) is 17.7 Å². The van der Waals surface area contributed by atoms with Crippen LogP contribution in [0.1, 0.15) is 30.9 Å². The molecular weight excluding hydrogens is 383 g/mol. The Labute approximate surface area is 175 Å². The first-order chi connectivity index (χ1) is 14.5. The summed E-state index contributed by atoms with van der Waals surface area (Å²) in [6.45, 7) is 3.68. The zero-order chi connectivity index (χ0) is 21.1. The second-order valence-electron chi connectivity index (χ2n) is 7.79. The molecule has 30 heavy (non-hydrogen) atoms.